The minimum absolute atomic E-state index is 0.758. The molecule has 0 bridgehead atoms. The van der Waals surface area contributed by atoms with Gasteiger partial charge in [0.1, 0.15) is 5.82 Å². The highest BCUT2D eigenvalue weighted by atomic mass is 16.5. The van der Waals surface area contributed by atoms with Gasteiger partial charge in [-0.2, -0.15) is 0 Å². The van der Waals surface area contributed by atoms with Gasteiger partial charge in [0.25, 0.3) is 0 Å². The van der Waals surface area contributed by atoms with Crippen molar-refractivity contribution in [3.63, 3.8) is 0 Å². The standard InChI is InChI=1S/C12H23N3O/c1-4-6-13-9-12-10-14-11(3)15(12)7-8-16-5-2/h10,13H,4-9H2,1-3H3. The van der Waals surface area contributed by atoms with Crippen molar-refractivity contribution >= 4 is 0 Å². The molecule has 1 aromatic heterocycles. The van der Waals surface area contributed by atoms with E-state index < -0.39 is 0 Å². The zero-order chi connectivity index (χ0) is 11.8. The number of imidazole rings is 1. The quantitative estimate of drug-likeness (QED) is 0.685. The number of nitrogens with zero attached hydrogens (tertiary/aromatic N) is 2. The molecule has 0 aliphatic heterocycles. The first kappa shape index (κ1) is 13.2. The van der Waals surface area contributed by atoms with Crippen LogP contribution in [0.15, 0.2) is 6.20 Å². The van der Waals surface area contributed by atoms with Crippen LogP contribution in [0, 0.1) is 6.92 Å². The fraction of sp³-hybridized carbons (Fsp3) is 0.750. The van der Waals surface area contributed by atoms with Crippen LogP contribution in [0.3, 0.4) is 0 Å². The Kier molecular flexibility index (Phi) is 6.11. The smallest absolute Gasteiger partial charge is 0.105 e. The zero-order valence-corrected chi connectivity index (χ0v) is 10.6. The molecule has 0 aliphatic rings. The van der Waals surface area contributed by atoms with Crippen molar-refractivity contribution in [3.8, 4) is 0 Å². The van der Waals surface area contributed by atoms with Crippen LogP contribution < -0.4 is 5.32 Å². The van der Waals surface area contributed by atoms with E-state index in [4.69, 9.17) is 4.74 Å². The minimum Gasteiger partial charge on any atom is -0.380 e. The molecule has 0 radical (unpaired) electrons. The molecule has 0 saturated carbocycles. The summed E-state index contributed by atoms with van der Waals surface area (Å²) in [5, 5.41) is 3.39. The predicted molar refractivity (Wildman–Crippen MR) is 65.5 cm³/mol. The Labute approximate surface area is 98.0 Å². The monoisotopic (exact) mass is 225 g/mol. The Bertz CT molecular complexity index is 296. The van der Waals surface area contributed by atoms with E-state index >= 15 is 0 Å². The summed E-state index contributed by atoms with van der Waals surface area (Å²) in [7, 11) is 0. The van der Waals surface area contributed by atoms with Crippen LogP contribution in [0.2, 0.25) is 0 Å². The minimum atomic E-state index is 0.758. The first-order valence-electron chi connectivity index (χ1n) is 6.09. The Hall–Kier alpha value is -0.870. The summed E-state index contributed by atoms with van der Waals surface area (Å²) in [6, 6.07) is 0. The molecule has 0 unspecified atom stereocenters. The van der Waals surface area contributed by atoms with Crippen molar-refractivity contribution < 1.29 is 4.74 Å². The average molecular weight is 225 g/mol. The van der Waals surface area contributed by atoms with Gasteiger partial charge in [-0.3, -0.25) is 0 Å². The van der Waals surface area contributed by atoms with Gasteiger partial charge in [-0.05, 0) is 26.8 Å². The first-order chi connectivity index (χ1) is 7.79. The molecule has 1 heterocycles. The molecule has 92 valence electrons. The molecule has 0 saturated heterocycles. The number of aromatic nitrogens is 2. The van der Waals surface area contributed by atoms with Crippen LogP contribution in [0.4, 0.5) is 0 Å². The van der Waals surface area contributed by atoms with Crippen molar-refractivity contribution in [1.82, 2.24) is 14.9 Å². The lowest BCUT2D eigenvalue weighted by atomic mass is 10.4. The second-order valence-corrected chi connectivity index (χ2v) is 3.82. The molecular weight excluding hydrogens is 202 g/mol. The highest BCUT2D eigenvalue weighted by molar-refractivity contribution is 5.04. The lowest BCUT2D eigenvalue weighted by Gasteiger charge is -2.10. The highest BCUT2D eigenvalue weighted by Gasteiger charge is 2.05. The summed E-state index contributed by atoms with van der Waals surface area (Å²) in [5.74, 6) is 1.06. The fourth-order valence-electron chi connectivity index (χ4n) is 1.66. The van der Waals surface area contributed by atoms with Gasteiger partial charge < -0.3 is 14.6 Å². The molecule has 16 heavy (non-hydrogen) atoms. The summed E-state index contributed by atoms with van der Waals surface area (Å²) < 4.78 is 7.59. The van der Waals surface area contributed by atoms with Gasteiger partial charge in [0.15, 0.2) is 0 Å². The molecule has 0 fully saturated rings. The number of rotatable bonds is 8. The lowest BCUT2D eigenvalue weighted by molar-refractivity contribution is 0.138. The molecule has 4 heteroatoms. The highest BCUT2D eigenvalue weighted by Crippen LogP contribution is 2.04. The maximum Gasteiger partial charge on any atom is 0.105 e. The van der Waals surface area contributed by atoms with Crippen molar-refractivity contribution in [2.45, 2.75) is 40.3 Å². The summed E-state index contributed by atoms with van der Waals surface area (Å²) >= 11 is 0. The SMILES string of the molecule is CCCNCc1cnc(C)n1CCOCC. The van der Waals surface area contributed by atoms with Crippen LogP contribution in [0.5, 0.6) is 0 Å². The maximum absolute atomic E-state index is 5.37. The van der Waals surface area contributed by atoms with Gasteiger partial charge in [-0.25, -0.2) is 4.98 Å². The third-order valence-electron chi connectivity index (χ3n) is 2.53. The average Bonchev–Trinajstić information content (AvgIpc) is 2.62. The van der Waals surface area contributed by atoms with Gasteiger partial charge in [-0.15, -0.1) is 0 Å². The Balaban J connectivity index is 2.48. The van der Waals surface area contributed by atoms with Crippen molar-refractivity contribution in [1.29, 1.82) is 0 Å². The van der Waals surface area contributed by atoms with Gasteiger partial charge in [0.05, 0.1) is 12.3 Å². The first-order valence-corrected chi connectivity index (χ1v) is 6.09. The van der Waals surface area contributed by atoms with Gasteiger partial charge in [0, 0.05) is 25.9 Å². The molecule has 0 aromatic carbocycles. The van der Waals surface area contributed by atoms with E-state index in [1.165, 1.54) is 5.69 Å². The fourth-order valence-corrected chi connectivity index (χ4v) is 1.66. The lowest BCUT2D eigenvalue weighted by Crippen LogP contribution is -2.18. The molecule has 1 aromatic rings. The van der Waals surface area contributed by atoms with Gasteiger partial charge in [-0.1, -0.05) is 6.92 Å². The van der Waals surface area contributed by atoms with E-state index in [1.807, 2.05) is 20.0 Å². The van der Waals surface area contributed by atoms with Crippen LogP contribution in [-0.4, -0.2) is 29.3 Å². The van der Waals surface area contributed by atoms with E-state index in [0.29, 0.717) is 0 Å². The van der Waals surface area contributed by atoms with E-state index in [2.05, 4.69) is 21.8 Å². The van der Waals surface area contributed by atoms with Crippen molar-refractivity contribution in [3.05, 3.63) is 17.7 Å². The van der Waals surface area contributed by atoms with Crippen LogP contribution >= 0.6 is 0 Å². The molecular formula is C12H23N3O. The topological polar surface area (TPSA) is 39.1 Å². The van der Waals surface area contributed by atoms with E-state index in [-0.39, 0.29) is 0 Å². The Morgan fingerprint density at radius 2 is 2.25 bits per heavy atom. The normalized spacial score (nSPS) is 10.9. The van der Waals surface area contributed by atoms with E-state index in [0.717, 1.165) is 45.1 Å². The van der Waals surface area contributed by atoms with Gasteiger partial charge >= 0.3 is 0 Å². The molecule has 0 aliphatic carbocycles. The number of hydrogen-bond donors (Lipinski definition) is 1. The molecule has 0 spiro atoms. The Morgan fingerprint density at radius 1 is 1.44 bits per heavy atom. The van der Waals surface area contributed by atoms with Gasteiger partial charge in [0.2, 0.25) is 0 Å². The van der Waals surface area contributed by atoms with Crippen molar-refractivity contribution in [2.75, 3.05) is 19.8 Å². The second-order valence-electron chi connectivity index (χ2n) is 3.82. The second kappa shape index (κ2) is 7.41. The maximum atomic E-state index is 5.37. The van der Waals surface area contributed by atoms with Crippen LogP contribution in [-0.2, 0) is 17.8 Å². The summed E-state index contributed by atoms with van der Waals surface area (Å²) in [6.45, 7) is 10.6. The Morgan fingerprint density at radius 3 is 2.94 bits per heavy atom. The molecule has 0 atom stereocenters. The number of ether oxygens (including phenoxy) is 1. The summed E-state index contributed by atoms with van der Waals surface area (Å²) in [6.07, 6.45) is 3.11. The van der Waals surface area contributed by atoms with Crippen LogP contribution in [0.25, 0.3) is 0 Å². The van der Waals surface area contributed by atoms with E-state index in [9.17, 15) is 0 Å². The van der Waals surface area contributed by atoms with E-state index in [1.54, 1.807) is 0 Å². The third-order valence-corrected chi connectivity index (χ3v) is 2.53. The van der Waals surface area contributed by atoms with Crippen molar-refractivity contribution in [2.24, 2.45) is 0 Å². The predicted octanol–water partition coefficient (Wildman–Crippen LogP) is 1.73. The number of nitrogens with one attached hydrogen (secondary N) is 1. The molecule has 4 nitrogen and oxygen atoms in total. The number of hydrogen-bond acceptors (Lipinski definition) is 3. The molecule has 0 amide bonds. The third kappa shape index (κ3) is 3.94. The largest absolute Gasteiger partial charge is 0.380 e. The molecule has 1 rings (SSSR count). The number of aryl methyl sites for hydroxylation is 1. The van der Waals surface area contributed by atoms with Crippen LogP contribution in [0.1, 0.15) is 31.8 Å². The molecule has 1 N–H and O–H groups in total. The summed E-state index contributed by atoms with van der Waals surface area (Å²) in [4.78, 5) is 4.34. The summed E-state index contributed by atoms with van der Waals surface area (Å²) in [5.41, 5.74) is 1.24. The zero-order valence-electron chi connectivity index (χ0n) is 10.6.